The topological polar surface area (TPSA) is 161 Å². The van der Waals surface area contributed by atoms with Gasteiger partial charge in [-0.05, 0) is 61.5 Å². The molecular weight excluding hydrogens is 632 g/mol. The normalized spacial score (nSPS) is 21.3. The number of halogens is 1. The number of aromatic nitrogens is 4. The number of ketones is 1. The standard InChI is InChI=1S/C22H35IN5O7PSi/c1-9-33-36(31,34-10-2)12-32-15-14(29)17(22(6,16(15)23)35-37(7,8)21(3,4)5)28-11-25-13-18(28)26-20(24)27-19(13)30/h11,17H,9-10,12H2,1-8H3,(H3,24,26,27,30)/t17-,22-/m1/s1. The molecule has 0 aromatic carbocycles. The Morgan fingerprint density at radius 1 is 1.24 bits per heavy atom. The Balaban J connectivity index is 2.16. The molecular formula is C22H35IN5O7PSi. The summed E-state index contributed by atoms with van der Waals surface area (Å²) in [5, 5.41) is -0.180. The van der Waals surface area contributed by atoms with Crippen LogP contribution in [0.3, 0.4) is 0 Å². The number of hydrogen-bond acceptors (Lipinski definition) is 10. The van der Waals surface area contributed by atoms with Gasteiger partial charge in [0, 0.05) is 0 Å². The van der Waals surface area contributed by atoms with Crippen LogP contribution < -0.4 is 11.3 Å². The molecule has 1 aliphatic carbocycles. The molecule has 0 saturated heterocycles. The first kappa shape index (κ1) is 30.0. The van der Waals surface area contributed by atoms with Crippen LogP contribution in [0.15, 0.2) is 20.5 Å². The first-order chi connectivity index (χ1) is 17.0. The van der Waals surface area contributed by atoms with Crippen molar-refractivity contribution in [2.24, 2.45) is 0 Å². The Hall–Kier alpha value is -1.58. The molecule has 37 heavy (non-hydrogen) atoms. The van der Waals surface area contributed by atoms with Gasteiger partial charge in [0.1, 0.15) is 11.6 Å². The molecule has 2 aromatic heterocycles. The highest BCUT2D eigenvalue weighted by molar-refractivity contribution is 14.1. The zero-order valence-electron chi connectivity index (χ0n) is 22.4. The second-order valence-electron chi connectivity index (χ2n) is 10.4. The number of nitrogens with one attached hydrogen (secondary N) is 1. The van der Waals surface area contributed by atoms with E-state index < -0.39 is 45.2 Å². The number of nitrogens with zero attached hydrogens (tertiary/aromatic N) is 3. The monoisotopic (exact) mass is 667 g/mol. The van der Waals surface area contributed by atoms with E-state index >= 15 is 0 Å². The third kappa shape index (κ3) is 5.59. The number of aromatic amines is 1. The zero-order chi connectivity index (χ0) is 28.0. The number of fused-ring (bicyclic) bond motifs is 1. The van der Waals surface area contributed by atoms with Crippen LogP contribution in [-0.4, -0.2) is 58.8 Å². The highest BCUT2D eigenvalue weighted by Crippen LogP contribution is 2.54. The molecule has 2 heterocycles. The van der Waals surface area contributed by atoms with Crippen molar-refractivity contribution in [3.63, 3.8) is 0 Å². The van der Waals surface area contributed by atoms with Crippen molar-refractivity contribution in [3.05, 3.63) is 26.0 Å². The van der Waals surface area contributed by atoms with Crippen molar-refractivity contribution >= 4 is 61.4 Å². The number of allylic oxidation sites excluding steroid dienone is 1. The molecule has 0 spiro atoms. The molecule has 206 valence electrons. The van der Waals surface area contributed by atoms with E-state index in [0.29, 0.717) is 3.58 Å². The minimum Gasteiger partial charge on any atom is -0.476 e. The minimum absolute atomic E-state index is 0.00824. The molecule has 3 N–H and O–H groups in total. The van der Waals surface area contributed by atoms with Gasteiger partial charge in [0.25, 0.3) is 5.56 Å². The van der Waals surface area contributed by atoms with Crippen molar-refractivity contribution in [1.29, 1.82) is 0 Å². The number of imidazole rings is 1. The number of nitrogen functional groups attached to an aromatic ring is 1. The van der Waals surface area contributed by atoms with Gasteiger partial charge in [0.05, 0.1) is 23.1 Å². The van der Waals surface area contributed by atoms with Crippen molar-refractivity contribution in [2.45, 2.75) is 71.3 Å². The number of Topliss-reactive ketones (excluding diaryl/α,β-unsaturated/α-hetero) is 1. The zero-order valence-corrected chi connectivity index (χ0v) is 26.4. The molecule has 0 fully saturated rings. The summed E-state index contributed by atoms with van der Waals surface area (Å²) in [7, 11) is -6.07. The summed E-state index contributed by atoms with van der Waals surface area (Å²) < 4.78 is 38.5. The number of H-pyrrole nitrogens is 1. The fourth-order valence-corrected chi connectivity index (χ4v) is 7.83. The van der Waals surface area contributed by atoms with Gasteiger partial charge in [-0.2, -0.15) is 4.98 Å². The fraction of sp³-hybridized carbons (Fsp3) is 0.636. The molecule has 1 aliphatic rings. The summed E-state index contributed by atoms with van der Waals surface area (Å²) in [6, 6.07) is -1.01. The number of ether oxygens (including phenoxy) is 1. The number of carbonyl (C=O) groups is 1. The largest absolute Gasteiger partial charge is 0.476 e. The lowest BCUT2D eigenvalue weighted by Gasteiger charge is -2.44. The molecule has 0 saturated carbocycles. The highest BCUT2D eigenvalue weighted by atomic mass is 127. The third-order valence-corrected chi connectivity index (χ3v) is 14.5. The van der Waals surface area contributed by atoms with Gasteiger partial charge in [0.2, 0.25) is 11.7 Å². The van der Waals surface area contributed by atoms with Crippen LogP contribution in [0, 0.1) is 0 Å². The summed E-state index contributed by atoms with van der Waals surface area (Å²) in [6.45, 7) is 15.9. The smallest absolute Gasteiger partial charge is 0.367 e. The van der Waals surface area contributed by atoms with Crippen molar-refractivity contribution in [3.8, 4) is 0 Å². The van der Waals surface area contributed by atoms with E-state index in [1.807, 2.05) is 22.6 Å². The summed E-state index contributed by atoms with van der Waals surface area (Å²) in [4.78, 5) is 37.3. The first-order valence-corrected chi connectivity index (χ1v) is 17.6. The van der Waals surface area contributed by atoms with Crippen LogP contribution in [-0.2, 0) is 27.6 Å². The second kappa shape index (κ2) is 10.5. The molecule has 0 aliphatic heterocycles. The summed E-state index contributed by atoms with van der Waals surface area (Å²) in [5.74, 6) is -0.554. The number of rotatable bonds is 10. The Kier molecular flexibility index (Phi) is 8.53. The van der Waals surface area contributed by atoms with E-state index in [-0.39, 0.29) is 41.1 Å². The SMILES string of the molecule is CCOP(=O)(COC1=C(I)[C@@](C)(O[Si](C)(C)C(C)(C)C)[C@H](n2cnc3c(=O)[nH]c(N)nc32)C1=O)OCC. The third-order valence-electron chi connectivity index (χ3n) is 6.65. The van der Waals surface area contributed by atoms with Gasteiger partial charge in [-0.1, -0.05) is 20.8 Å². The molecule has 3 rings (SSSR count). The van der Waals surface area contributed by atoms with Gasteiger partial charge in [-0.3, -0.25) is 19.1 Å². The second-order valence-corrected chi connectivity index (χ2v) is 18.2. The van der Waals surface area contributed by atoms with E-state index in [1.54, 1.807) is 20.8 Å². The molecule has 0 unspecified atom stereocenters. The van der Waals surface area contributed by atoms with E-state index in [2.05, 4.69) is 48.8 Å². The molecule has 2 aromatic rings. The van der Waals surface area contributed by atoms with Crippen LogP contribution in [0.1, 0.15) is 47.6 Å². The summed E-state index contributed by atoms with van der Waals surface area (Å²) in [5.41, 5.74) is 4.26. The maximum absolute atomic E-state index is 14.0. The Morgan fingerprint density at radius 2 is 1.84 bits per heavy atom. The number of anilines is 1. The van der Waals surface area contributed by atoms with Crippen molar-refractivity contribution < 1.29 is 27.6 Å². The van der Waals surface area contributed by atoms with Crippen molar-refractivity contribution in [2.75, 3.05) is 25.3 Å². The van der Waals surface area contributed by atoms with E-state index in [0.717, 1.165) is 0 Å². The van der Waals surface area contributed by atoms with Gasteiger partial charge >= 0.3 is 7.60 Å². The van der Waals surface area contributed by atoms with Crippen LogP contribution in [0.2, 0.25) is 18.1 Å². The van der Waals surface area contributed by atoms with Gasteiger partial charge in [-0.25, -0.2) is 4.98 Å². The minimum atomic E-state index is -3.60. The van der Waals surface area contributed by atoms with E-state index in [9.17, 15) is 14.2 Å². The number of carbonyl (C=O) groups excluding carboxylic acids is 1. The van der Waals surface area contributed by atoms with E-state index in [4.69, 9.17) is 23.9 Å². The maximum atomic E-state index is 14.0. The highest BCUT2D eigenvalue weighted by Gasteiger charge is 2.57. The maximum Gasteiger partial charge on any atom is 0.367 e. The molecule has 0 amide bonds. The summed E-state index contributed by atoms with van der Waals surface area (Å²) in [6.07, 6.45) is 0.932. The van der Waals surface area contributed by atoms with Crippen LogP contribution in [0.25, 0.3) is 11.2 Å². The van der Waals surface area contributed by atoms with Crippen LogP contribution >= 0.6 is 30.2 Å². The number of nitrogens with two attached hydrogens (primary N) is 1. The lowest BCUT2D eigenvalue weighted by Crippen LogP contribution is -2.51. The van der Waals surface area contributed by atoms with E-state index in [1.165, 1.54) is 10.9 Å². The van der Waals surface area contributed by atoms with Gasteiger partial charge < -0.3 is 28.5 Å². The Labute approximate surface area is 230 Å². The van der Waals surface area contributed by atoms with Gasteiger partial charge in [-0.15, -0.1) is 0 Å². The number of hydrogen-bond donors (Lipinski definition) is 2. The lowest BCUT2D eigenvalue weighted by molar-refractivity contribution is -0.123. The average Bonchev–Trinajstić information content (AvgIpc) is 3.23. The quantitative estimate of drug-likeness (QED) is 0.210. The first-order valence-electron chi connectivity index (χ1n) is 11.9. The fourth-order valence-electron chi connectivity index (χ4n) is 3.92. The molecule has 12 nitrogen and oxygen atoms in total. The molecule has 0 bridgehead atoms. The van der Waals surface area contributed by atoms with Crippen LogP contribution in [0.5, 0.6) is 0 Å². The van der Waals surface area contributed by atoms with Gasteiger partial charge in [0.15, 0.2) is 31.6 Å². The predicted molar refractivity (Wildman–Crippen MR) is 151 cm³/mol. The lowest BCUT2D eigenvalue weighted by atomic mass is 10.00. The predicted octanol–water partition coefficient (Wildman–Crippen LogP) is 4.49. The molecule has 2 atom stereocenters. The Morgan fingerprint density at radius 3 is 2.38 bits per heavy atom. The molecule has 0 radical (unpaired) electrons. The molecule has 15 heteroatoms. The van der Waals surface area contributed by atoms with Crippen molar-refractivity contribution in [1.82, 2.24) is 19.5 Å². The average molecular weight is 668 g/mol. The summed E-state index contributed by atoms with van der Waals surface area (Å²) >= 11 is 2.04. The Bertz CT molecular complexity index is 1320. The van der Waals surface area contributed by atoms with Crippen LogP contribution in [0.4, 0.5) is 5.95 Å².